The molecule has 0 aliphatic carbocycles. The van der Waals surface area contributed by atoms with Crippen LogP contribution in [0.4, 0.5) is 10.1 Å². The Hall–Kier alpha value is -4.18. The Balaban J connectivity index is 1.27. The Bertz CT molecular complexity index is 1440. The predicted octanol–water partition coefficient (Wildman–Crippen LogP) is 4.07. The molecule has 0 saturated carbocycles. The highest BCUT2D eigenvalue weighted by atomic mass is 32.2. The summed E-state index contributed by atoms with van der Waals surface area (Å²) in [6.07, 6.45) is 0. The number of nitrogen functional groups attached to an aromatic ring is 1. The first-order valence-electron chi connectivity index (χ1n) is 10.0. The van der Waals surface area contributed by atoms with Crippen molar-refractivity contribution in [1.29, 1.82) is 0 Å². The van der Waals surface area contributed by atoms with E-state index in [0.29, 0.717) is 22.4 Å². The molecule has 5 rings (SSSR count). The maximum atomic E-state index is 13.2. The summed E-state index contributed by atoms with van der Waals surface area (Å²) in [5.74, 6) is 6.14. The zero-order valence-corrected chi connectivity index (χ0v) is 18.0. The van der Waals surface area contributed by atoms with E-state index in [0.717, 1.165) is 22.0 Å². The van der Waals surface area contributed by atoms with Gasteiger partial charge in [0.25, 0.3) is 0 Å². The van der Waals surface area contributed by atoms with E-state index < -0.39 is 0 Å². The van der Waals surface area contributed by atoms with Crippen LogP contribution in [0.5, 0.6) is 0 Å². The van der Waals surface area contributed by atoms with Crippen LogP contribution >= 0.6 is 11.8 Å². The van der Waals surface area contributed by atoms with Gasteiger partial charge in [0.1, 0.15) is 11.5 Å². The van der Waals surface area contributed by atoms with Gasteiger partial charge in [-0.2, -0.15) is 5.10 Å². The molecule has 0 atom stereocenters. The molecule has 0 aliphatic rings. The zero-order chi connectivity index (χ0) is 22.8. The van der Waals surface area contributed by atoms with E-state index in [2.05, 4.69) is 25.7 Å². The molecule has 10 heteroatoms. The van der Waals surface area contributed by atoms with Gasteiger partial charge < -0.3 is 11.2 Å². The summed E-state index contributed by atoms with van der Waals surface area (Å²) in [6.45, 7) is 0. The Labute approximate surface area is 192 Å². The third-order valence-corrected chi connectivity index (χ3v) is 5.96. The number of carbonyl (C=O) groups is 1. The maximum absolute atomic E-state index is 13.2. The van der Waals surface area contributed by atoms with E-state index >= 15 is 0 Å². The van der Waals surface area contributed by atoms with Gasteiger partial charge in [0.15, 0.2) is 0 Å². The molecule has 0 spiro atoms. The lowest BCUT2D eigenvalue weighted by atomic mass is 10.1. The molecule has 0 radical (unpaired) electrons. The number of aromatic nitrogens is 5. The topological polar surface area (TPSA) is 115 Å². The quantitative estimate of drug-likeness (QED) is 0.260. The summed E-state index contributed by atoms with van der Waals surface area (Å²) in [5.41, 5.74) is 2.68. The van der Waals surface area contributed by atoms with E-state index in [1.165, 1.54) is 28.6 Å². The second-order valence-corrected chi connectivity index (χ2v) is 8.16. The van der Waals surface area contributed by atoms with Gasteiger partial charge in [0, 0.05) is 16.6 Å². The van der Waals surface area contributed by atoms with E-state index in [-0.39, 0.29) is 17.5 Å². The number of aromatic amines is 1. The lowest BCUT2D eigenvalue weighted by molar-refractivity contribution is -0.113. The van der Waals surface area contributed by atoms with Gasteiger partial charge in [-0.1, -0.05) is 48.2 Å². The van der Waals surface area contributed by atoms with Crippen LogP contribution < -0.4 is 11.2 Å². The van der Waals surface area contributed by atoms with Crippen molar-refractivity contribution >= 4 is 34.1 Å². The number of nitrogens with two attached hydrogens (primary N) is 1. The van der Waals surface area contributed by atoms with Crippen LogP contribution in [-0.4, -0.2) is 36.7 Å². The summed E-state index contributed by atoms with van der Waals surface area (Å²) < 4.78 is 14.5. The fourth-order valence-electron chi connectivity index (χ4n) is 3.41. The molecular formula is C23H18FN7OS. The lowest BCUT2D eigenvalue weighted by Gasteiger charge is -2.08. The Kier molecular flexibility index (Phi) is 5.49. The number of amides is 1. The highest BCUT2D eigenvalue weighted by Gasteiger charge is 2.16. The first-order valence-corrected chi connectivity index (χ1v) is 11.0. The minimum absolute atomic E-state index is 0.113. The molecule has 2 aromatic heterocycles. The molecule has 0 aliphatic heterocycles. The number of H-pyrrole nitrogens is 1. The number of fused-ring (bicyclic) bond motifs is 1. The molecule has 33 heavy (non-hydrogen) atoms. The second-order valence-electron chi connectivity index (χ2n) is 7.21. The smallest absolute Gasteiger partial charge is 0.234 e. The number of benzene rings is 3. The third kappa shape index (κ3) is 4.28. The fraction of sp³-hybridized carbons (Fsp3) is 0.0435. The number of thioether (sulfide) groups is 1. The molecule has 2 heterocycles. The van der Waals surface area contributed by atoms with Crippen molar-refractivity contribution in [2.75, 3.05) is 16.9 Å². The predicted molar refractivity (Wildman–Crippen MR) is 126 cm³/mol. The summed E-state index contributed by atoms with van der Waals surface area (Å²) in [7, 11) is 0. The van der Waals surface area contributed by atoms with Crippen LogP contribution in [0, 0.1) is 5.82 Å². The minimum Gasteiger partial charge on any atom is -0.335 e. The fourth-order valence-corrected chi connectivity index (χ4v) is 4.07. The molecule has 5 aromatic rings. The molecule has 164 valence electrons. The molecule has 1 amide bonds. The Morgan fingerprint density at radius 3 is 2.70 bits per heavy atom. The summed E-state index contributed by atoms with van der Waals surface area (Å²) in [6, 6.07) is 21.4. The van der Waals surface area contributed by atoms with Crippen LogP contribution in [0.2, 0.25) is 0 Å². The van der Waals surface area contributed by atoms with Gasteiger partial charge >= 0.3 is 0 Å². The van der Waals surface area contributed by atoms with Gasteiger partial charge in [0.05, 0.1) is 11.4 Å². The number of anilines is 1. The Morgan fingerprint density at radius 1 is 1.06 bits per heavy atom. The second kappa shape index (κ2) is 8.75. The standard InChI is InChI=1S/C23H18FN7OS/c24-16-10-8-15(9-11-16)19-12-20(28-27-19)22-29-30-23(31(22)25)33-13-21(32)26-18-7-3-5-14-4-1-2-6-17(14)18/h1-12H,13,25H2,(H,26,32)(H,27,28). The SMILES string of the molecule is Nn1c(SCC(=O)Nc2cccc3ccccc23)nnc1-c1cc(-c2ccc(F)cc2)n[nH]1. The molecule has 4 N–H and O–H groups in total. The van der Waals surface area contributed by atoms with E-state index in [1.54, 1.807) is 18.2 Å². The average Bonchev–Trinajstić information content (AvgIpc) is 3.45. The van der Waals surface area contributed by atoms with Crippen LogP contribution in [0.1, 0.15) is 0 Å². The number of hydrogen-bond donors (Lipinski definition) is 3. The third-order valence-electron chi connectivity index (χ3n) is 5.02. The van der Waals surface area contributed by atoms with E-state index in [9.17, 15) is 9.18 Å². The minimum atomic E-state index is -0.317. The number of nitrogens with one attached hydrogen (secondary N) is 2. The van der Waals surface area contributed by atoms with Crippen molar-refractivity contribution in [3.63, 3.8) is 0 Å². The van der Waals surface area contributed by atoms with Crippen molar-refractivity contribution in [3.05, 3.63) is 78.6 Å². The van der Waals surface area contributed by atoms with Gasteiger partial charge in [-0.05, 0) is 41.8 Å². The molecule has 0 saturated heterocycles. The maximum Gasteiger partial charge on any atom is 0.234 e. The number of hydrogen-bond acceptors (Lipinski definition) is 6. The van der Waals surface area contributed by atoms with Crippen molar-refractivity contribution in [2.45, 2.75) is 5.16 Å². The van der Waals surface area contributed by atoms with E-state index in [1.807, 2.05) is 42.5 Å². The van der Waals surface area contributed by atoms with Gasteiger partial charge in [-0.3, -0.25) is 9.89 Å². The average molecular weight is 460 g/mol. The summed E-state index contributed by atoms with van der Waals surface area (Å²) >= 11 is 1.18. The Morgan fingerprint density at radius 2 is 1.85 bits per heavy atom. The summed E-state index contributed by atoms with van der Waals surface area (Å²) in [5, 5.41) is 20.6. The van der Waals surface area contributed by atoms with Gasteiger partial charge in [0.2, 0.25) is 16.9 Å². The molecular weight excluding hydrogens is 441 g/mol. The van der Waals surface area contributed by atoms with Gasteiger partial charge in [-0.25, -0.2) is 9.07 Å². The molecule has 3 aromatic carbocycles. The molecule has 8 nitrogen and oxygen atoms in total. The monoisotopic (exact) mass is 459 g/mol. The first-order chi connectivity index (χ1) is 16.1. The van der Waals surface area contributed by atoms with Crippen molar-refractivity contribution in [2.24, 2.45) is 0 Å². The molecule has 0 fully saturated rings. The van der Waals surface area contributed by atoms with Crippen LogP contribution in [-0.2, 0) is 4.79 Å². The number of nitrogens with zero attached hydrogens (tertiary/aromatic N) is 4. The van der Waals surface area contributed by atoms with Gasteiger partial charge in [-0.15, -0.1) is 10.2 Å². The highest BCUT2D eigenvalue weighted by Crippen LogP contribution is 2.26. The number of rotatable bonds is 6. The van der Waals surface area contributed by atoms with Crippen molar-refractivity contribution in [3.8, 4) is 22.8 Å². The number of halogens is 1. The molecule has 0 bridgehead atoms. The normalized spacial score (nSPS) is 11.1. The first kappa shape index (κ1) is 20.7. The highest BCUT2D eigenvalue weighted by molar-refractivity contribution is 7.99. The van der Waals surface area contributed by atoms with E-state index in [4.69, 9.17) is 5.84 Å². The van der Waals surface area contributed by atoms with Crippen molar-refractivity contribution in [1.82, 2.24) is 25.1 Å². The van der Waals surface area contributed by atoms with Crippen LogP contribution in [0.3, 0.4) is 0 Å². The largest absolute Gasteiger partial charge is 0.335 e. The van der Waals surface area contributed by atoms with Crippen LogP contribution in [0.15, 0.2) is 78.0 Å². The van der Waals surface area contributed by atoms with Crippen molar-refractivity contribution < 1.29 is 9.18 Å². The zero-order valence-electron chi connectivity index (χ0n) is 17.2. The lowest BCUT2D eigenvalue weighted by Crippen LogP contribution is -2.16. The molecule has 0 unspecified atom stereocenters. The van der Waals surface area contributed by atoms with Crippen LogP contribution in [0.25, 0.3) is 33.5 Å². The summed E-state index contributed by atoms with van der Waals surface area (Å²) in [4.78, 5) is 12.5. The number of carbonyl (C=O) groups excluding carboxylic acids is 1.